The molecule has 0 radical (unpaired) electrons. The van der Waals surface area contributed by atoms with E-state index in [1.807, 2.05) is 0 Å². The molecule has 86 valence electrons. The summed E-state index contributed by atoms with van der Waals surface area (Å²) in [5.41, 5.74) is 5.59. The SMILES string of the molecule is CC(N)c1cccc(OC(F)F)c1F.Cl. The lowest BCUT2D eigenvalue weighted by Gasteiger charge is -2.11. The fraction of sp³-hybridized carbons (Fsp3) is 0.333. The van der Waals surface area contributed by atoms with E-state index >= 15 is 0 Å². The molecule has 1 aromatic carbocycles. The maximum Gasteiger partial charge on any atom is 0.387 e. The third kappa shape index (κ3) is 3.60. The van der Waals surface area contributed by atoms with E-state index in [4.69, 9.17) is 5.73 Å². The van der Waals surface area contributed by atoms with Crippen molar-refractivity contribution in [3.63, 3.8) is 0 Å². The molecule has 6 heteroatoms. The van der Waals surface area contributed by atoms with Crippen molar-refractivity contribution >= 4 is 12.4 Å². The average molecular weight is 242 g/mol. The molecule has 1 aromatic rings. The Labute approximate surface area is 91.6 Å². The molecule has 0 fully saturated rings. The van der Waals surface area contributed by atoms with Crippen LogP contribution in [-0.2, 0) is 0 Å². The highest BCUT2D eigenvalue weighted by atomic mass is 35.5. The third-order valence-corrected chi connectivity index (χ3v) is 1.70. The summed E-state index contributed by atoms with van der Waals surface area (Å²) < 4.78 is 40.9. The van der Waals surface area contributed by atoms with Gasteiger partial charge in [0, 0.05) is 11.6 Å². The first kappa shape index (κ1) is 14.1. The predicted molar refractivity (Wildman–Crippen MR) is 52.9 cm³/mol. The summed E-state index contributed by atoms with van der Waals surface area (Å²) in [6.45, 7) is -1.47. The average Bonchev–Trinajstić information content (AvgIpc) is 2.07. The zero-order valence-electron chi connectivity index (χ0n) is 7.91. The van der Waals surface area contributed by atoms with E-state index in [1.54, 1.807) is 6.92 Å². The minimum atomic E-state index is -3.03. The van der Waals surface area contributed by atoms with Gasteiger partial charge in [0.1, 0.15) is 0 Å². The van der Waals surface area contributed by atoms with Gasteiger partial charge in [-0.15, -0.1) is 12.4 Å². The standard InChI is InChI=1S/C9H10F3NO.ClH/c1-5(13)6-3-2-4-7(8(6)10)14-9(11)12;/h2-5,9H,13H2,1H3;1H. The minimum absolute atomic E-state index is 0. The fourth-order valence-electron chi connectivity index (χ4n) is 1.07. The lowest BCUT2D eigenvalue weighted by atomic mass is 10.1. The van der Waals surface area contributed by atoms with Gasteiger partial charge >= 0.3 is 6.61 Å². The van der Waals surface area contributed by atoms with E-state index in [0.29, 0.717) is 0 Å². The number of hydrogen-bond donors (Lipinski definition) is 1. The zero-order chi connectivity index (χ0) is 10.7. The van der Waals surface area contributed by atoms with Crippen molar-refractivity contribution in [2.24, 2.45) is 5.73 Å². The van der Waals surface area contributed by atoms with Gasteiger partial charge in [-0.2, -0.15) is 8.78 Å². The summed E-state index contributed by atoms with van der Waals surface area (Å²) in [6, 6.07) is 3.42. The van der Waals surface area contributed by atoms with Crippen LogP contribution < -0.4 is 10.5 Å². The second kappa shape index (κ2) is 5.82. The Hall–Kier alpha value is -0.940. The maximum absolute atomic E-state index is 13.3. The van der Waals surface area contributed by atoms with Gasteiger partial charge < -0.3 is 10.5 Å². The lowest BCUT2D eigenvalue weighted by Crippen LogP contribution is -2.10. The van der Waals surface area contributed by atoms with Gasteiger partial charge in [0.2, 0.25) is 0 Å². The number of hydrogen-bond acceptors (Lipinski definition) is 2. The van der Waals surface area contributed by atoms with Crippen molar-refractivity contribution in [1.82, 2.24) is 0 Å². The van der Waals surface area contributed by atoms with Crippen LogP contribution in [0.25, 0.3) is 0 Å². The number of halogens is 4. The zero-order valence-corrected chi connectivity index (χ0v) is 8.73. The number of rotatable bonds is 3. The molecule has 0 aliphatic carbocycles. The molecule has 1 atom stereocenters. The van der Waals surface area contributed by atoms with E-state index in [9.17, 15) is 13.2 Å². The first-order valence-electron chi connectivity index (χ1n) is 4.01. The summed E-state index contributed by atoms with van der Waals surface area (Å²) in [7, 11) is 0. The lowest BCUT2D eigenvalue weighted by molar-refractivity contribution is -0.0522. The van der Waals surface area contributed by atoms with Crippen LogP contribution >= 0.6 is 12.4 Å². The fourth-order valence-corrected chi connectivity index (χ4v) is 1.07. The quantitative estimate of drug-likeness (QED) is 0.883. The van der Waals surface area contributed by atoms with Crippen molar-refractivity contribution in [3.05, 3.63) is 29.6 Å². The first-order valence-corrected chi connectivity index (χ1v) is 4.01. The van der Waals surface area contributed by atoms with Gasteiger partial charge in [-0.1, -0.05) is 12.1 Å². The van der Waals surface area contributed by atoms with E-state index < -0.39 is 24.2 Å². The normalized spacial score (nSPS) is 12.1. The molecule has 0 heterocycles. The highest BCUT2D eigenvalue weighted by molar-refractivity contribution is 5.85. The summed E-state index contributed by atoms with van der Waals surface area (Å²) in [5, 5.41) is 0. The molecule has 2 N–H and O–H groups in total. The largest absolute Gasteiger partial charge is 0.432 e. The van der Waals surface area contributed by atoms with Crippen LogP contribution in [0.1, 0.15) is 18.5 Å². The van der Waals surface area contributed by atoms with Crippen LogP contribution in [-0.4, -0.2) is 6.61 Å². The molecule has 0 spiro atoms. The summed E-state index contributed by atoms with van der Waals surface area (Å²) in [6.07, 6.45) is 0. The number of benzene rings is 1. The summed E-state index contributed by atoms with van der Waals surface area (Å²) in [5.74, 6) is -1.31. The molecule has 0 aromatic heterocycles. The van der Waals surface area contributed by atoms with E-state index in [1.165, 1.54) is 12.1 Å². The van der Waals surface area contributed by atoms with Gasteiger partial charge in [0.25, 0.3) is 0 Å². The molecule has 0 aliphatic heterocycles. The van der Waals surface area contributed by atoms with E-state index in [-0.39, 0.29) is 18.0 Å². The maximum atomic E-state index is 13.3. The van der Waals surface area contributed by atoms with Crippen LogP contribution in [0.2, 0.25) is 0 Å². The monoisotopic (exact) mass is 241 g/mol. The minimum Gasteiger partial charge on any atom is -0.432 e. The van der Waals surface area contributed by atoms with Gasteiger partial charge in [0.05, 0.1) is 0 Å². The molecule has 0 amide bonds. The third-order valence-electron chi connectivity index (χ3n) is 1.70. The Bertz CT molecular complexity index is 320. The Morgan fingerprint density at radius 2 is 1.93 bits per heavy atom. The Kier molecular flexibility index (Phi) is 5.46. The molecule has 0 saturated carbocycles. The molecule has 1 rings (SSSR count). The van der Waals surface area contributed by atoms with Crippen LogP contribution in [0.4, 0.5) is 13.2 Å². The van der Waals surface area contributed by atoms with Crippen LogP contribution in [0, 0.1) is 5.82 Å². The Balaban J connectivity index is 0.00000196. The van der Waals surface area contributed by atoms with Crippen molar-refractivity contribution in [2.45, 2.75) is 19.6 Å². The predicted octanol–water partition coefficient (Wildman–Crippen LogP) is 2.87. The summed E-state index contributed by atoms with van der Waals surface area (Å²) in [4.78, 5) is 0. The molecular weight excluding hydrogens is 231 g/mol. The second-order valence-corrected chi connectivity index (χ2v) is 2.83. The van der Waals surface area contributed by atoms with Crippen molar-refractivity contribution in [1.29, 1.82) is 0 Å². The van der Waals surface area contributed by atoms with Crippen LogP contribution in [0.3, 0.4) is 0 Å². The Morgan fingerprint density at radius 1 is 1.33 bits per heavy atom. The molecular formula is C9H11ClF3NO. The number of ether oxygens (including phenoxy) is 1. The molecule has 2 nitrogen and oxygen atoms in total. The molecule has 0 bridgehead atoms. The smallest absolute Gasteiger partial charge is 0.387 e. The van der Waals surface area contributed by atoms with Gasteiger partial charge in [-0.05, 0) is 13.0 Å². The topological polar surface area (TPSA) is 35.2 Å². The second-order valence-electron chi connectivity index (χ2n) is 2.83. The highest BCUT2D eigenvalue weighted by Crippen LogP contribution is 2.25. The summed E-state index contributed by atoms with van der Waals surface area (Å²) >= 11 is 0. The molecule has 0 saturated heterocycles. The molecule has 0 aliphatic rings. The Morgan fingerprint density at radius 3 is 2.40 bits per heavy atom. The van der Waals surface area contributed by atoms with Crippen molar-refractivity contribution in [3.8, 4) is 5.75 Å². The van der Waals surface area contributed by atoms with Gasteiger partial charge in [0.15, 0.2) is 11.6 Å². The van der Waals surface area contributed by atoms with E-state index in [0.717, 1.165) is 6.07 Å². The van der Waals surface area contributed by atoms with Crippen molar-refractivity contribution in [2.75, 3.05) is 0 Å². The number of alkyl halides is 2. The number of nitrogens with two attached hydrogens (primary N) is 1. The van der Waals surface area contributed by atoms with Crippen LogP contribution in [0.5, 0.6) is 5.75 Å². The van der Waals surface area contributed by atoms with Gasteiger partial charge in [-0.25, -0.2) is 4.39 Å². The first-order chi connectivity index (χ1) is 6.52. The van der Waals surface area contributed by atoms with Crippen LogP contribution in [0.15, 0.2) is 18.2 Å². The van der Waals surface area contributed by atoms with E-state index in [2.05, 4.69) is 4.74 Å². The highest BCUT2D eigenvalue weighted by Gasteiger charge is 2.14. The molecule has 15 heavy (non-hydrogen) atoms. The molecule has 1 unspecified atom stereocenters. The van der Waals surface area contributed by atoms with Crippen molar-refractivity contribution < 1.29 is 17.9 Å². The van der Waals surface area contributed by atoms with Gasteiger partial charge in [-0.3, -0.25) is 0 Å².